The second-order valence-corrected chi connectivity index (χ2v) is 7.07. The summed E-state index contributed by atoms with van der Waals surface area (Å²) >= 11 is 0. The van der Waals surface area contributed by atoms with E-state index in [9.17, 15) is 4.79 Å². The number of amides is 1. The molecular formula is C18H23N3O2. The minimum atomic E-state index is -0.145. The van der Waals surface area contributed by atoms with E-state index >= 15 is 0 Å². The normalized spacial score (nSPS) is 18.2. The molecule has 3 rings (SSSR count). The first-order valence-corrected chi connectivity index (χ1v) is 8.01. The molecule has 0 bridgehead atoms. The minimum Gasteiger partial charge on any atom is -0.380 e. The quantitative estimate of drug-likeness (QED) is 0.944. The van der Waals surface area contributed by atoms with Gasteiger partial charge in [-0.3, -0.25) is 4.79 Å². The molecule has 1 aromatic heterocycles. The Balaban J connectivity index is 1.62. The van der Waals surface area contributed by atoms with Crippen molar-refractivity contribution in [2.24, 2.45) is 0 Å². The second kappa shape index (κ2) is 6.07. The summed E-state index contributed by atoms with van der Waals surface area (Å²) in [6.45, 7) is 7.54. The maximum absolute atomic E-state index is 12.6. The zero-order chi connectivity index (χ0) is 16.4. The highest BCUT2D eigenvalue weighted by Gasteiger charge is 2.30. The summed E-state index contributed by atoms with van der Waals surface area (Å²) in [6, 6.07) is 12.1. The van der Waals surface area contributed by atoms with Crippen LogP contribution in [-0.4, -0.2) is 35.1 Å². The van der Waals surface area contributed by atoms with Crippen molar-refractivity contribution in [2.45, 2.75) is 38.6 Å². The molecule has 1 aromatic carbocycles. The number of para-hydroxylation sites is 1. The Kier molecular flexibility index (Phi) is 4.11. The van der Waals surface area contributed by atoms with E-state index in [0.717, 1.165) is 24.4 Å². The van der Waals surface area contributed by atoms with E-state index in [0.29, 0.717) is 12.2 Å². The highest BCUT2D eigenvalue weighted by atomic mass is 16.5. The van der Waals surface area contributed by atoms with Gasteiger partial charge in [-0.15, -0.1) is 0 Å². The van der Waals surface area contributed by atoms with Gasteiger partial charge in [0.1, 0.15) is 5.76 Å². The van der Waals surface area contributed by atoms with Gasteiger partial charge < -0.3 is 14.7 Å². The fourth-order valence-electron chi connectivity index (χ4n) is 2.72. The summed E-state index contributed by atoms with van der Waals surface area (Å²) in [5.74, 6) is 0.681. The van der Waals surface area contributed by atoms with Crippen LogP contribution in [0.5, 0.6) is 0 Å². The van der Waals surface area contributed by atoms with E-state index in [1.165, 1.54) is 0 Å². The van der Waals surface area contributed by atoms with Gasteiger partial charge in [0.05, 0.1) is 0 Å². The topological polar surface area (TPSA) is 58.4 Å². The third-order valence-electron chi connectivity index (χ3n) is 4.09. The van der Waals surface area contributed by atoms with Crippen molar-refractivity contribution >= 4 is 11.6 Å². The smallest absolute Gasteiger partial charge is 0.276 e. The van der Waals surface area contributed by atoms with Crippen molar-refractivity contribution in [3.8, 4) is 0 Å². The van der Waals surface area contributed by atoms with Crippen LogP contribution >= 0.6 is 0 Å². The second-order valence-electron chi connectivity index (χ2n) is 7.07. The molecule has 0 aliphatic carbocycles. The molecule has 1 N–H and O–H groups in total. The number of carbonyl (C=O) groups is 1. The number of hydrogen-bond acceptors (Lipinski definition) is 4. The van der Waals surface area contributed by atoms with Crippen molar-refractivity contribution < 1.29 is 9.32 Å². The SMILES string of the molecule is CC(C)(C)c1cc(C(=O)N2CCC(Nc3ccccc3)C2)no1. The lowest BCUT2D eigenvalue weighted by Gasteiger charge is -2.16. The molecule has 0 radical (unpaired) electrons. The number of nitrogens with one attached hydrogen (secondary N) is 1. The first-order valence-electron chi connectivity index (χ1n) is 8.01. The maximum atomic E-state index is 12.6. The molecule has 1 fully saturated rings. The van der Waals surface area contributed by atoms with Crippen molar-refractivity contribution in [3.05, 3.63) is 47.9 Å². The van der Waals surface area contributed by atoms with Crippen molar-refractivity contribution in [3.63, 3.8) is 0 Å². The monoisotopic (exact) mass is 313 g/mol. The number of carbonyl (C=O) groups excluding carboxylic acids is 1. The van der Waals surface area contributed by atoms with E-state index in [1.807, 2.05) is 56.0 Å². The molecular weight excluding hydrogens is 290 g/mol. The number of hydrogen-bond donors (Lipinski definition) is 1. The number of rotatable bonds is 3. The zero-order valence-electron chi connectivity index (χ0n) is 13.9. The summed E-state index contributed by atoms with van der Waals surface area (Å²) in [4.78, 5) is 14.4. The molecule has 1 saturated heterocycles. The third kappa shape index (κ3) is 3.55. The summed E-state index contributed by atoms with van der Waals surface area (Å²) in [5, 5.41) is 7.42. The summed E-state index contributed by atoms with van der Waals surface area (Å²) in [7, 11) is 0. The van der Waals surface area contributed by atoms with E-state index in [4.69, 9.17) is 4.52 Å². The first-order chi connectivity index (χ1) is 10.9. The van der Waals surface area contributed by atoms with Gasteiger partial charge in [0.25, 0.3) is 5.91 Å². The number of benzene rings is 1. The molecule has 1 amide bonds. The minimum absolute atomic E-state index is 0.0541. The largest absolute Gasteiger partial charge is 0.380 e. The molecule has 1 aliphatic rings. The Labute approximate surface area is 136 Å². The lowest BCUT2D eigenvalue weighted by atomic mass is 9.93. The molecule has 122 valence electrons. The summed E-state index contributed by atoms with van der Waals surface area (Å²) in [5.41, 5.74) is 1.34. The molecule has 1 aliphatic heterocycles. The molecule has 0 spiro atoms. The Morgan fingerprint density at radius 3 is 2.70 bits per heavy atom. The number of likely N-dealkylation sites (tertiary alicyclic amines) is 1. The van der Waals surface area contributed by atoms with Crippen LogP contribution in [-0.2, 0) is 5.41 Å². The maximum Gasteiger partial charge on any atom is 0.276 e. The van der Waals surface area contributed by atoms with Gasteiger partial charge in [0.2, 0.25) is 0 Å². The van der Waals surface area contributed by atoms with Crippen LogP contribution in [0.15, 0.2) is 40.9 Å². The lowest BCUT2D eigenvalue weighted by molar-refractivity contribution is 0.0781. The lowest BCUT2D eigenvalue weighted by Crippen LogP contribution is -2.31. The zero-order valence-corrected chi connectivity index (χ0v) is 13.9. The number of aromatic nitrogens is 1. The predicted molar refractivity (Wildman–Crippen MR) is 89.6 cm³/mol. The van der Waals surface area contributed by atoms with Gasteiger partial charge >= 0.3 is 0 Å². The number of nitrogens with zero attached hydrogens (tertiary/aromatic N) is 2. The van der Waals surface area contributed by atoms with Gasteiger partial charge in [-0.05, 0) is 18.6 Å². The molecule has 2 heterocycles. The van der Waals surface area contributed by atoms with E-state index in [-0.39, 0.29) is 17.4 Å². The van der Waals surface area contributed by atoms with Gasteiger partial charge in [-0.1, -0.05) is 44.1 Å². The third-order valence-corrected chi connectivity index (χ3v) is 4.09. The average Bonchev–Trinajstić information content (AvgIpc) is 3.16. The van der Waals surface area contributed by atoms with Crippen LogP contribution in [0.1, 0.15) is 43.4 Å². The van der Waals surface area contributed by atoms with E-state index < -0.39 is 0 Å². The summed E-state index contributed by atoms with van der Waals surface area (Å²) in [6.07, 6.45) is 0.935. The van der Waals surface area contributed by atoms with Crippen LogP contribution in [0, 0.1) is 0 Å². The molecule has 23 heavy (non-hydrogen) atoms. The molecule has 1 unspecified atom stereocenters. The number of anilines is 1. The Hall–Kier alpha value is -2.30. The molecule has 5 nitrogen and oxygen atoms in total. The van der Waals surface area contributed by atoms with E-state index in [1.54, 1.807) is 6.07 Å². The van der Waals surface area contributed by atoms with Crippen molar-refractivity contribution in [1.82, 2.24) is 10.1 Å². The van der Waals surface area contributed by atoms with Crippen LogP contribution in [0.2, 0.25) is 0 Å². The highest BCUT2D eigenvalue weighted by Crippen LogP contribution is 2.24. The van der Waals surface area contributed by atoms with Gasteiger partial charge in [0.15, 0.2) is 5.69 Å². The van der Waals surface area contributed by atoms with Crippen molar-refractivity contribution in [1.29, 1.82) is 0 Å². The fourth-order valence-corrected chi connectivity index (χ4v) is 2.72. The predicted octanol–water partition coefficient (Wildman–Crippen LogP) is 3.30. The van der Waals surface area contributed by atoms with Gasteiger partial charge in [0, 0.05) is 36.3 Å². The fraction of sp³-hybridized carbons (Fsp3) is 0.444. The van der Waals surface area contributed by atoms with Crippen LogP contribution in [0.3, 0.4) is 0 Å². The van der Waals surface area contributed by atoms with Crippen LogP contribution < -0.4 is 5.32 Å². The van der Waals surface area contributed by atoms with E-state index in [2.05, 4.69) is 10.5 Å². The molecule has 0 saturated carbocycles. The Morgan fingerprint density at radius 1 is 1.30 bits per heavy atom. The highest BCUT2D eigenvalue weighted by molar-refractivity contribution is 5.92. The van der Waals surface area contributed by atoms with Crippen LogP contribution in [0.25, 0.3) is 0 Å². The van der Waals surface area contributed by atoms with Crippen LogP contribution in [0.4, 0.5) is 5.69 Å². The Morgan fingerprint density at radius 2 is 2.04 bits per heavy atom. The average molecular weight is 313 g/mol. The molecule has 1 atom stereocenters. The van der Waals surface area contributed by atoms with Gasteiger partial charge in [-0.2, -0.15) is 0 Å². The standard InChI is InChI=1S/C18H23N3O2/c1-18(2,3)16-11-15(20-23-16)17(22)21-10-9-14(12-21)19-13-7-5-4-6-8-13/h4-8,11,14,19H,9-10,12H2,1-3H3. The van der Waals surface area contributed by atoms with Gasteiger partial charge in [-0.25, -0.2) is 0 Å². The molecule has 5 heteroatoms. The first kappa shape index (κ1) is 15.6. The summed E-state index contributed by atoms with van der Waals surface area (Å²) < 4.78 is 5.32. The van der Waals surface area contributed by atoms with Crippen molar-refractivity contribution in [2.75, 3.05) is 18.4 Å². The molecule has 2 aromatic rings. The Bertz CT molecular complexity index is 673.